The van der Waals surface area contributed by atoms with Crippen molar-refractivity contribution in [2.45, 2.75) is 18.4 Å². The van der Waals surface area contributed by atoms with Crippen LogP contribution in [-0.4, -0.2) is 12.0 Å². The Kier molecular flexibility index (Phi) is 4.29. The summed E-state index contributed by atoms with van der Waals surface area (Å²) in [5, 5.41) is 15.6. The van der Waals surface area contributed by atoms with Crippen molar-refractivity contribution in [1.82, 2.24) is 0 Å². The van der Waals surface area contributed by atoms with Gasteiger partial charge in [0.1, 0.15) is 10.8 Å². The molecular weight excluding hydrogens is 375 g/mol. The molecule has 134 valence electrons. The van der Waals surface area contributed by atoms with Crippen LogP contribution in [0.15, 0.2) is 42.5 Å². The lowest BCUT2D eigenvalue weighted by Crippen LogP contribution is -2.29. The first kappa shape index (κ1) is 17.2. The van der Waals surface area contributed by atoms with Gasteiger partial charge in [-0.05, 0) is 36.1 Å². The Bertz CT molecular complexity index is 929. The number of fused-ring (bicyclic) bond motifs is 3. The molecule has 2 aromatic rings. The summed E-state index contributed by atoms with van der Waals surface area (Å²) in [7, 11) is 1.61. The van der Waals surface area contributed by atoms with E-state index in [0.29, 0.717) is 10.8 Å². The predicted molar refractivity (Wildman–Crippen MR) is 102 cm³/mol. The van der Waals surface area contributed by atoms with Crippen LogP contribution in [0.25, 0.3) is 0 Å². The van der Waals surface area contributed by atoms with Gasteiger partial charge in [0.25, 0.3) is 5.69 Å². The molecule has 0 fully saturated rings. The number of rotatable bonds is 3. The van der Waals surface area contributed by atoms with Crippen LogP contribution in [0.5, 0.6) is 5.75 Å². The van der Waals surface area contributed by atoms with Crippen molar-refractivity contribution in [3.05, 3.63) is 73.8 Å². The fraction of sp³-hybridized carbons (Fsp3) is 0.263. The van der Waals surface area contributed by atoms with Gasteiger partial charge in [0, 0.05) is 22.6 Å². The number of nitro groups is 1. The summed E-state index contributed by atoms with van der Waals surface area (Å²) in [6.45, 7) is 0. The number of anilines is 1. The maximum absolute atomic E-state index is 11.3. The van der Waals surface area contributed by atoms with Gasteiger partial charge in [0.15, 0.2) is 0 Å². The van der Waals surface area contributed by atoms with E-state index >= 15 is 0 Å². The van der Waals surface area contributed by atoms with Crippen LogP contribution >= 0.6 is 23.2 Å². The summed E-state index contributed by atoms with van der Waals surface area (Å²) >= 11 is 12.5. The summed E-state index contributed by atoms with van der Waals surface area (Å²) < 4.78 is 5.51. The van der Waals surface area contributed by atoms with Crippen LogP contribution in [0.3, 0.4) is 0 Å². The number of methoxy groups -OCH3 is 1. The third kappa shape index (κ3) is 2.63. The average Bonchev–Trinajstić information content (AvgIpc) is 3.11. The van der Waals surface area contributed by atoms with E-state index in [0.717, 1.165) is 23.2 Å². The van der Waals surface area contributed by atoms with Gasteiger partial charge in [0.05, 0.1) is 23.8 Å². The maximum Gasteiger partial charge on any atom is 0.288 e. The zero-order valence-electron chi connectivity index (χ0n) is 13.9. The van der Waals surface area contributed by atoms with E-state index in [2.05, 4.69) is 17.5 Å². The van der Waals surface area contributed by atoms with E-state index in [-0.39, 0.29) is 28.6 Å². The summed E-state index contributed by atoms with van der Waals surface area (Å²) in [6, 6.07) is 8.54. The number of nitrogens with zero attached hydrogens (tertiary/aromatic N) is 1. The Balaban J connectivity index is 1.84. The van der Waals surface area contributed by atoms with Crippen LogP contribution < -0.4 is 10.1 Å². The first-order valence-corrected chi connectivity index (χ1v) is 9.00. The molecule has 1 heterocycles. The van der Waals surface area contributed by atoms with Crippen LogP contribution in [0, 0.1) is 16.0 Å². The topological polar surface area (TPSA) is 64.4 Å². The summed E-state index contributed by atoms with van der Waals surface area (Å²) in [6.07, 6.45) is 5.16. The van der Waals surface area contributed by atoms with Gasteiger partial charge < -0.3 is 10.1 Å². The van der Waals surface area contributed by atoms with Crippen LogP contribution in [0.2, 0.25) is 10.0 Å². The Morgan fingerprint density at radius 2 is 2.00 bits per heavy atom. The van der Waals surface area contributed by atoms with Gasteiger partial charge in [-0.25, -0.2) is 0 Å². The van der Waals surface area contributed by atoms with E-state index in [1.54, 1.807) is 19.2 Å². The molecule has 0 saturated carbocycles. The minimum atomic E-state index is -0.454. The number of nitro benzene ring substituents is 1. The van der Waals surface area contributed by atoms with Crippen molar-refractivity contribution in [3.63, 3.8) is 0 Å². The molecule has 1 aliphatic carbocycles. The van der Waals surface area contributed by atoms with Crippen LogP contribution in [0.1, 0.15) is 29.5 Å². The quantitative estimate of drug-likeness (QED) is 0.412. The third-order valence-electron chi connectivity index (χ3n) is 5.17. The fourth-order valence-corrected chi connectivity index (χ4v) is 4.47. The van der Waals surface area contributed by atoms with E-state index in [4.69, 9.17) is 27.9 Å². The molecule has 0 saturated heterocycles. The molecule has 4 rings (SSSR count). The van der Waals surface area contributed by atoms with Gasteiger partial charge in [-0.1, -0.05) is 41.4 Å². The molecule has 0 unspecified atom stereocenters. The standard InChI is InChI=1S/C19H16Cl2N2O3/c1-26-16-8-7-14(21)17-11-3-2-4-12(11)18(22-19(16)17)10-5-6-13(20)15(9-10)23(24)25/h2-3,5-9,11-12,18,22H,4H2,1H3/t11-,12+,18+/m0/s1. The highest BCUT2D eigenvalue weighted by molar-refractivity contribution is 6.32. The van der Waals surface area contributed by atoms with E-state index in [1.807, 2.05) is 18.2 Å². The molecule has 0 aromatic heterocycles. The number of allylic oxidation sites excluding steroid dienone is 2. The van der Waals surface area contributed by atoms with Crippen molar-refractivity contribution in [2.24, 2.45) is 5.92 Å². The highest BCUT2D eigenvalue weighted by atomic mass is 35.5. The second-order valence-corrected chi connectivity index (χ2v) is 7.30. The molecule has 3 atom stereocenters. The highest BCUT2D eigenvalue weighted by Crippen LogP contribution is 2.54. The maximum atomic E-state index is 11.3. The molecule has 2 aliphatic rings. The Hall–Kier alpha value is -2.24. The smallest absolute Gasteiger partial charge is 0.288 e. The van der Waals surface area contributed by atoms with E-state index in [1.165, 1.54) is 0 Å². The molecular formula is C19H16Cl2N2O3. The monoisotopic (exact) mass is 390 g/mol. The number of hydrogen-bond donors (Lipinski definition) is 1. The van der Waals surface area contributed by atoms with Gasteiger partial charge in [-0.2, -0.15) is 0 Å². The number of ether oxygens (including phenoxy) is 1. The van der Waals surface area contributed by atoms with Crippen molar-refractivity contribution in [1.29, 1.82) is 0 Å². The van der Waals surface area contributed by atoms with Crippen molar-refractivity contribution in [3.8, 4) is 5.75 Å². The van der Waals surface area contributed by atoms with Gasteiger partial charge in [-0.15, -0.1) is 0 Å². The number of halogens is 2. The van der Waals surface area contributed by atoms with Gasteiger partial charge in [-0.3, -0.25) is 10.1 Å². The van der Waals surface area contributed by atoms with E-state index in [9.17, 15) is 10.1 Å². The first-order chi connectivity index (χ1) is 12.5. The summed E-state index contributed by atoms with van der Waals surface area (Å²) in [5.74, 6) is 1.05. The summed E-state index contributed by atoms with van der Waals surface area (Å²) in [5.41, 5.74) is 2.60. The second-order valence-electron chi connectivity index (χ2n) is 6.48. The zero-order valence-corrected chi connectivity index (χ0v) is 15.4. The Labute approximate surface area is 160 Å². The average molecular weight is 391 g/mol. The first-order valence-electron chi connectivity index (χ1n) is 8.24. The number of hydrogen-bond acceptors (Lipinski definition) is 4. The molecule has 7 heteroatoms. The predicted octanol–water partition coefficient (Wildman–Crippen LogP) is 5.74. The van der Waals surface area contributed by atoms with Gasteiger partial charge >= 0.3 is 0 Å². The lowest BCUT2D eigenvalue weighted by atomic mass is 9.76. The lowest BCUT2D eigenvalue weighted by Gasteiger charge is -2.38. The lowest BCUT2D eigenvalue weighted by molar-refractivity contribution is -0.384. The molecule has 1 N–H and O–H groups in total. The largest absolute Gasteiger partial charge is 0.495 e. The van der Waals surface area contributed by atoms with Crippen LogP contribution in [0.4, 0.5) is 11.4 Å². The molecule has 26 heavy (non-hydrogen) atoms. The molecule has 2 aromatic carbocycles. The molecule has 0 bridgehead atoms. The fourth-order valence-electron chi connectivity index (χ4n) is 4.00. The molecule has 0 radical (unpaired) electrons. The third-order valence-corrected chi connectivity index (χ3v) is 5.82. The van der Waals surface area contributed by atoms with Gasteiger partial charge in [0.2, 0.25) is 0 Å². The minimum Gasteiger partial charge on any atom is -0.495 e. The molecule has 1 aliphatic heterocycles. The molecule has 0 spiro atoms. The number of benzene rings is 2. The van der Waals surface area contributed by atoms with Crippen molar-refractivity contribution in [2.75, 3.05) is 12.4 Å². The minimum absolute atomic E-state index is 0.0858. The summed E-state index contributed by atoms with van der Waals surface area (Å²) in [4.78, 5) is 10.8. The highest BCUT2D eigenvalue weighted by Gasteiger charge is 2.40. The SMILES string of the molecule is COc1ccc(Cl)c2c1N[C@H](c1ccc(Cl)c([N+](=O)[O-])c1)[C@@H]1CC=C[C@H]21. The Morgan fingerprint density at radius 3 is 2.73 bits per heavy atom. The molecule has 0 amide bonds. The van der Waals surface area contributed by atoms with Crippen LogP contribution in [-0.2, 0) is 0 Å². The molecule has 5 nitrogen and oxygen atoms in total. The normalized spacial score (nSPS) is 23.1. The zero-order chi connectivity index (χ0) is 18.4. The second kappa shape index (κ2) is 6.49. The Morgan fingerprint density at radius 1 is 1.23 bits per heavy atom. The van der Waals surface area contributed by atoms with Crippen molar-refractivity contribution < 1.29 is 9.66 Å². The number of nitrogens with one attached hydrogen (secondary N) is 1. The van der Waals surface area contributed by atoms with Crippen molar-refractivity contribution >= 4 is 34.6 Å². The van der Waals surface area contributed by atoms with E-state index < -0.39 is 4.92 Å².